The van der Waals surface area contributed by atoms with Crippen LogP contribution in [-0.4, -0.2) is 50.6 Å². The largest absolute Gasteiger partial charge is 0.394 e. The van der Waals surface area contributed by atoms with Gasteiger partial charge in [-0.3, -0.25) is 9.59 Å². The predicted molar refractivity (Wildman–Crippen MR) is 126 cm³/mol. The molecule has 33 heavy (non-hydrogen) atoms. The SMILES string of the molecule is CC(C)(C)[C@H](c1nc(-c2ccccc2)cn1Cc1ccccc1)N1C[C@@H](CO)NC(=O)C1=O. The van der Waals surface area contributed by atoms with Crippen LogP contribution in [-0.2, 0) is 16.1 Å². The van der Waals surface area contributed by atoms with Crippen LogP contribution in [0.3, 0.4) is 0 Å². The van der Waals surface area contributed by atoms with Gasteiger partial charge >= 0.3 is 11.8 Å². The molecule has 1 fully saturated rings. The molecule has 2 heterocycles. The molecule has 172 valence electrons. The Bertz CT molecular complexity index is 1120. The van der Waals surface area contributed by atoms with Gasteiger partial charge in [-0.15, -0.1) is 0 Å². The van der Waals surface area contributed by atoms with Crippen molar-refractivity contribution < 1.29 is 14.7 Å². The van der Waals surface area contributed by atoms with Gasteiger partial charge in [0.15, 0.2) is 0 Å². The number of imidazole rings is 1. The molecule has 0 radical (unpaired) electrons. The molecule has 2 amide bonds. The van der Waals surface area contributed by atoms with Crippen LogP contribution in [0.15, 0.2) is 66.9 Å². The van der Waals surface area contributed by atoms with Gasteiger partial charge in [-0.05, 0) is 11.0 Å². The Hall–Kier alpha value is -3.45. The third-order valence-corrected chi connectivity index (χ3v) is 5.88. The van der Waals surface area contributed by atoms with Gasteiger partial charge in [-0.1, -0.05) is 81.4 Å². The number of carbonyl (C=O) groups is 2. The molecule has 2 N–H and O–H groups in total. The van der Waals surface area contributed by atoms with Crippen molar-refractivity contribution in [2.45, 2.75) is 39.4 Å². The topological polar surface area (TPSA) is 87.5 Å². The van der Waals surface area contributed by atoms with E-state index < -0.39 is 29.3 Å². The third kappa shape index (κ3) is 4.83. The van der Waals surface area contributed by atoms with Gasteiger partial charge in [-0.25, -0.2) is 4.98 Å². The minimum atomic E-state index is -0.695. The first-order chi connectivity index (χ1) is 15.8. The second kappa shape index (κ2) is 9.19. The van der Waals surface area contributed by atoms with Crippen molar-refractivity contribution in [3.8, 4) is 11.3 Å². The van der Waals surface area contributed by atoms with Gasteiger partial charge in [-0.2, -0.15) is 0 Å². The molecular weight excluding hydrogens is 416 g/mol. The van der Waals surface area contributed by atoms with E-state index in [1.807, 2.05) is 75.5 Å². The van der Waals surface area contributed by atoms with Gasteiger partial charge < -0.3 is 19.9 Å². The van der Waals surface area contributed by atoms with Crippen LogP contribution in [0.5, 0.6) is 0 Å². The molecule has 3 aromatic rings. The molecule has 7 nitrogen and oxygen atoms in total. The molecule has 2 aromatic carbocycles. The summed E-state index contributed by atoms with van der Waals surface area (Å²) in [6.07, 6.45) is 2.01. The first-order valence-electron chi connectivity index (χ1n) is 11.2. The molecule has 1 aromatic heterocycles. The highest BCUT2D eigenvalue weighted by Gasteiger charge is 2.43. The highest BCUT2D eigenvalue weighted by Crippen LogP contribution is 2.39. The number of aliphatic hydroxyl groups excluding tert-OH is 1. The number of hydrogen-bond donors (Lipinski definition) is 2. The van der Waals surface area contributed by atoms with Crippen molar-refractivity contribution >= 4 is 11.8 Å². The van der Waals surface area contributed by atoms with E-state index in [4.69, 9.17) is 4.98 Å². The molecule has 4 rings (SSSR count). The smallest absolute Gasteiger partial charge is 0.312 e. The fourth-order valence-electron chi connectivity index (χ4n) is 4.37. The Kier molecular flexibility index (Phi) is 6.33. The van der Waals surface area contributed by atoms with Crippen LogP contribution in [0, 0.1) is 5.41 Å². The van der Waals surface area contributed by atoms with E-state index in [2.05, 4.69) is 22.0 Å². The van der Waals surface area contributed by atoms with Crippen molar-refractivity contribution in [2.24, 2.45) is 5.41 Å². The Morgan fingerprint density at radius 2 is 1.70 bits per heavy atom. The van der Waals surface area contributed by atoms with Crippen LogP contribution in [0.1, 0.15) is 38.2 Å². The Labute approximate surface area is 194 Å². The zero-order valence-electron chi connectivity index (χ0n) is 19.2. The van der Waals surface area contributed by atoms with Crippen molar-refractivity contribution in [3.05, 3.63) is 78.2 Å². The van der Waals surface area contributed by atoms with Gasteiger partial charge in [0.25, 0.3) is 0 Å². The van der Waals surface area contributed by atoms with E-state index in [0.29, 0.717) is 12.4 Å². The average molecular weight is 447 g/mol. The molecular formula is C26H30N4O3. The second-order valence-corrected chi connectivity index (χ2v) is 9.54. The lowest BCUT2D eigenvalue weighted by Gasteiger charge is -2.43. The van der Waals surface area contributed by atoms with E-state index in [9.17, 15) is 14.7 Å². The Balaban J connectivity index is 1.84. The number of aromatic nitrogens is 2. The summed E-state index contributed by atoms with van der Waals surface area (Å²) < 4.78 is 2.07. The number of nitrogens with zero attached hydrogens (tertiary/aromatic N) is 3. The highest BCUT2D eigenvalue weighted by atomic mass is 16.3. The highest BCUT2D eigenvalue weighted by molar-refractivity contribution is 6.35. The number of rotatable bonds is 6. The summed E-state index contributed by atoms with van der Waals surface area (Å²) >= 11 is 0. The maximum absolute atomic E-state index is 13.0. The first kappa shape index (κ1) is 22.7. The Morgan fingerprint density at radius 1 is 1.06 bits per heavy atom. The fourth-order valence-corrected chi connectivity index (χ4v) is 4.37. The van der Waals surface area contributed by atoms with Crippen LogP contribution >= 0.6 is 0 Å². The Morgan fingerprint density at radius 3 is 2.30 bits per heavy atom. The summed E-state index contributed by atoms with van der Waals surface area (Å²) in [7, 11) is 0. The summed E-state index contributed by atoms with van der Waals surface area (Å²) in [6, 6.07) is 19.0. The number of benzene rings is 2. The molecule has 0 bridgehead atoms. The van der Waals surface area contributed by atoms with Crippen LogP contribution in [0.2, 0.25) is 0 Å². The van der Waals surface area contributed by atoms with Crippen LogP contribution < -0.4 is 5.32 Å². The number of amides is 2. The standard InChI is InChI=1S/C26H30N4O3/c1-26(2,3)22(30-15-20(17-31)27-24(32)25(30)33)23-28-21(19-12-8-5-9-13-19)16-29(23)14-18-10-6-4-7-11-18/h4-13,16,20,22,31H,14-15,17H2,1-3H3,(H,27,32)/t20-,22-/m0/s1. The lowest BCUT2D eigenvalue weighted by Crippen LogP contribution is -2.61. The molecule has 2 atom stereocenters. The maximum Gasteiger partial charge on any atom is 0.312 e. The lowest BCUT2D eigenvalue weighted by atomic mass is 9.84. The number of hydrogen-bond acceptors (Lipinski definition) is 4. The van der Waals surface area contributed by atoms with Crippen LogP contribution in [0.25, 0.3) is 11.3 Å². The summed E-state index contributed by atoms with van der Waals surface area (Å²) in [5.74, 6) is -0.584. The quantitative estimate of drug-likeness (QED) is 0.570. The normalized spacial score (nSPS) is 17.7. The van der Waals surface area contributed by atoms with Gasteiger partial charge in [0, 0.05) is 24.8 Å². The molecule has 1 saturated heterocycles. The van der Waals surface area contributed by atoms with E-state index in [1.165, 1.54) is 0 Å². The molecule has 0 spiro atoms. The summed E-state index contributed by atoms with van der Waals surface area (Å²) in [5.41, 5.74) is 2.48. The minimum absolute atomic E-state index is 0.224. The summed E-state index contributed by atoms with van der Waals surface area (Å²) in [6.45, 7) is 6.68. The first-order valence-corrected chi connectivity index (χ1v) is 11.2. The zero-order valence-corrected chi connectivity index (χ0v) is 19.2. The number of carbonyl (C=O) groups excluding carboxylic acids is 2. The summed E-state index contributed by atoms with van der Waals surface area (Å²) in [4.78, 5) is 32.0. The van der Waals surface area contributed by atoms with Gasteiger partial charge in [0.1, 0.15) is 5.82 Å². The fraction of sp³-hybridized carbons (Fsp3) is 0.346. The molecule has 1 aliphatic heterocycles. The van der Waals surface area contributed by atoms with Crippen molar-refractivity contribution in [1.82, 2.24) is 19.8 Å². The molecule has 0 unspecified atom stereocenters. The number of aliphatic hydroxyl groups is 1. The third-order valence-electron chi connectivity index (χ3n) is 5.88. The van der Waals surface area contributed by atoms with Crippen molar-refractivity contribution in [1.29, 1.82) is 0 Å². The van der Waals surface area contributed by atoms with E-state index in [-0.39, 0.29) is 13.2 Å². The summed E-state index contributed by atoms with van der Waals surface area (Å²) in [5, 5.41) is 12.3. The van der Waals surface area contributed by atoms with Gasteiger partial charge in [0.05, 0.1) is 24.4 Å². The molecule has 0 saturated carbocycles. The maximum atomic E-state index is 13.0. The predicted octanol–water partition coefficient (Wildman–Crippen LogP) is 3.00. The lowest BCUT2D eigenvalue weighted by molar-refractivity contribution is -0.154. The minimum Gasteiger partial charge on any atom is -0.394 e. The second-order valence-electron chi connectivity index (χ2n) is 9.54. The van der Waals surface area contributed by atoms with Gasteiger partial charge in [0.2, 0.25) is 0 Å². The zero-order chi connectivity index (χ0) is 23.6. The molecule has 7 heteroatoms. The molecule has 0 aliphatic carbocycles. The van der Waals surface area contributed by atoms with E-state index in [0.717, 1.165) is 16.8 Å². The van der Waals surface area contributed by atoms with Crippen LogP contribution in [0.4, 0.5) is 0 Å². The number of nitrogens with one attached hydrogen (secondary N) is 1. The van der Waals surface area contributed by atoms with Crippen molar-refractivity contribution in [3.63, 3.8) is 0 Å². The van der Waals surface area contributed by atoms with E-state index >= 15 is 0 Å². The number of piperazine rings is 1. The molecule has 1 aliphatic rings. The van der Waals surface area contributed by atoms with E-state index in [1.54, 1.807) is 4.90 Å². The monoisotopic (exact) mass is 446 g/mol. The average Bonchev–Trinajstić information content (AvgIpc) is 3.20. The van der Waals surface area contributed by atoms with Crippen molar-refractivity contribution in [2.75, 3.05) is 13.2 Å².